The fraction of sp³-hybridized carbons (Fsp3) is 0. The first-order valence-electron chi connectivity index (χ1n) is 16.3. The maximum atomic E-state index is 8.07. The smallest absolute Gasteiger partial charge is 0.0774 e. The van der Waals surface area contributed by atoms with Crippen LogP contribution >= 0.6 is 11.3 Å². The van der Waals surface area contributed by atoms with Gasteiger partial charge in [-0.2, -0.15) is 0 Å². The number of nitrogens with zero attached hydrogens (tertiary/aromatic N) is 3. The van der Waals surface area contributed by atoms with Crippen LogP contribution < -0.4 is 0 Å². The van der Waals surface area contributed by atoms with Crippen molar-refractivity contribution in [2.24, 2.45) is 0 Å². The molecule has 0 aliphatic rings. The Labute approximate surface area is 305 Å². The summed E-state index contributed by atoms with van der Waals surface area (Å²) < 4.78 is 11.4. The first kappa shape index (κ1) is 30.9. The Balaban J connectivity index is 0.000000255. The van der Waals surface area contributed by atoms with E-state index in [1.807, 2.05) is 66.7 Å². The Hall–Kier alpha value is -5.45. The summed E-state index contributed by atoms with van der Waals surface area (Å²) in [5, 5.41) is 4.59. The van der Waals surface area contributed by atoms with Gasteiger partial charge in [0, 0.05) is 37.4 Å². The van der Waals surface area contributed by atoms with Gasteiger partial charge in [-0.1, -0.05) is 137 Å². The van der Waals surface area contributed by atoms with Crippen molar-refractivity contribution in [2.45, 2.75) is 0 Å². The Bertz CT molecular complexity index is 2400. The van der Waals surface area contributed by atoms with Crippen LogP contribution in [0.5, 0.6) is 0 Å². The van der Waals surface area contributed by atoms with E-state index >= 15 is 0 Å². The Morgan fingerprint density at radius 2 is 1.33 bits per heavy atom. The third kappa shape index (κ3) is 6.52. The van der Waals surface area contributed by atoms with Gasteiger partial charge in [0.05, 0.1) is 23.9 Å². The summed E-state index contributed by atoms with van der Waals surface area (Å²) in [6, 6.07) is 59.0. The van der Waals surface area contributed by atoms with Gasteiger partial charge in [-0.25, -0.2) is 0 Å². The topological polar surface area (TPSA) is 30.7 Å². The minimum absolute atomic E-state index is 0. The third-order valence-electron chi connectivity index (χ3n) is 8.22. The molecule has 3 heterocycles. The number of hydrogen-bond donors (Lipinski definition) is 0. The van der Waals surface area contributed by atoms with Crippen LogP contribution in [0.3, 0.4) is 0 Å². The van der Waals surface area contributed by atoms with E-state index in [9.17, 15) is 0 Å². The molecule has 0 unspecified atom stereocenters. The summed E-state index contributed by atoms with van der Waals surface area (Å²) in [5.41, 5.74) is 10.6. The predicted molar refractivity (Wildman–Crippen MR) is 200 cm³/mol. The van der Waals surface area contributed by atoms with Crippen molar-refractivity contribution in [1.29, 1.82) is 0 Å². The van der Waals surface area contributed by atoms with Gasteiger partial charge in [-0.3, -0.25) is 16.3 Å². The second-order valence-corrected chi connectivity index (χ2v) is 12.0. The number of imidazole rings is 1. The molecule has 49 heavy (non-hydrogen) atoms. The summed E-state index contributed by atoms with van der Waals surface area (Å²) in [6.45, 7) is 0. The zero-order valence-corrected chi connectivity index (χ0v) is 29.5. The van der Waals surface area contributed by atoms with E-state index in [4.69, 9.17) is 6.35 Å². The molecule has 0 amide bonds. The van der Waals surface area contributed by atoms with Gasteiger partial charge in [0.1, 0.15) is 0 Å². The van der Waals surface area contributed by atoms with Crippen molar-refractivity contribution in [3.8, 4) is 50.6 Å². The van der Waals surface area contributed by atoms with Crippen molar-refractivity contribution in [3.05, 3.63) is 187 Å². The van der Waals surface area contributed by atoms with Crippen molar-refractivity contribution >= 4 is 32.5 Å². The monoisotopic (exact) mass is 825 g/mol. The second-order valence-electron chi connectivity index (χ2n) is 11.2. The summed E-state index contributed by atoms with van der Waals surface area (Å²) in [6.07, 6.45) is 1.79. The van der Waals surface area contributed by atoms with Crippen LogP contribution in [-0.4, -0.2) is 14.5 Å². The molecule has 0 fully saturated rings. The van der Waals surface area contributed by atoms with E-state index < -0.39 is 0 Å². The van der Waals surface area contributed by atoms with Crippen LogP contribution in [0.4, 0.5) is 0 Å². The van der Waals surface area contributed by atoms with Crippen LogP contribution in [0.1, 0.15) is 1.37 Å². The summed E-state index contributed by atoms with van der Waals surface area (Å²) >= 11 is 1.54. The number of aromatic nitrogens is 3. The van der Waals surface area contributed by atoms with Crippen LogP contribution in [0.2, 0.25) is 0 Å². The molecule has 0 aliphatic heterocycles. The molecule has 5 heteroatoms. The molecule has 0 spiro atoms. The normalized spacial score (nSPS) is 11.0. The largest absolute Gasteiger partial charge is 0.332 e. The fourth-order valence-electron chi connectivity index (χ4n) is 6.01. The third-order valence-corrected chi connectivity index (χ3v) is 9.09. The molecule has 0 atom stereocenters. The van der Waals surface area contributed by atoms with Gasteiger partial charge < -0.3 is 9.55 Å². The number of rotatable bonds is 5. The maximum Gasteiger partial charge on any atom is 0.0774 e. The molecule has 0 N–H and O–H groups in total. The molecule has 3 nitrogen and oxygen atoms in total. The second kappa shape index (κ2) is 14.8. The average Bonchev–Trinajstić information content (AvgIpc) is 3.77. The van der Waals surface area contributed by atoms with Gasteiger partial charge >= 0.3 is 0 Å². The molecular formula is C44H29IrN3S-2. The quantitative estimate of drug-likeness (QED) is 0.162. The summed E-state index contributed by atoms with van der Waals surface area (Å²) in [7, 11) is 0. The number of hydrogen-bond acceptors (Lipinski definition) is 3. The summed E-state index contributed by atoms with van der Waals surface area (Å²) in [4.78, 5) is 9.38. The molecule has 1 radical (unpaired) electrons. The standard InChI is InChI=1S/C33H21N2S.C11H8N.Ir/c1-3-12-23(13-4-1)25-17-11-18-26(24-14-5-2-6-15-24)32(25)35-30-20-9-8-19-29(30)34-33(35)28-22-36-31-21-10-7-16-27(28)31;1-2-6-10(7-3-1)11-8-4-5-9-12-11;/h1-21H;1-6,8-9H;/q2*-1;/i10D;;. The molecule has 3 aromatic heterocycles. The number of para-hydroxylation sites is 3. The predicted octanol–water partition coefficient (Wildman–Crippen LogP) is 11.6. The van der Waals surface area contributed by atoms with E-state index in [2.05, 4.69) is 118 Å². The molecule has 9 aromatic rings. The fourth-order valence-corrected chi connectivity index (χ4v) is 6.83. The van der Waals surface area contributed by atoms with Gasteiger partial charge in [0.15, 0.2) is 0 Å². The molecule has 0 bridgehead atoms. The van der Waals surface area contributed by atoms with Crippen molar-refractivity contribution < 1.29 is 21.5 Å². The summed E-state index contributed by atoms with van der Waals surface area (Å²) in [5.74, 6) is 0.853. The molecular weight excluding hydrogens is 795 g/mol. The van der Waals surface area contributed by atoms with Gasteiger partial charge in [0.25, 0.3) is 0 Å². The molecule has 0 aliphatic carbocycles. The van der Waals surface area contributed by atoms with Gasteiger partial charge in [-0.15, -0.1) is 47.3 Å². The SMILES string of the molecule is [2H]c1ccc2c(-c3nc4ccccc4n3-c3c(-c4ccccc4)cccc3-c3ccccc3)[c-]sc2c1.[Ir].[c-]1ccccc1-c1ccccn1. The molecule has 237 valence electrons. The molecule has 0 saturated carbocycles. The average molecular weight is 825 g/mol. The van der Waals surface area contributed by atoms with Crippen LogP contribution in [0.25, 0.3) is 71.7 Å². The van der Waals surface area contributed by atoms with E-state index in [1.54, 1.807) is 6.20 Å². The Morgan fingerprint density at radius 1 is 0.633 bits per heavy atom. The van der Waals surface area contributed by atoms with Crippen molar-refractivity contribution in [1.82, 2.24) is 14.5 Å². The van der Waals surface area contributed by atoms with Crippen LogP contribution in [0.15, 0.2) is 176 Å². The number of fused-ring (bicyclic) bond motifs is 2. The minimum atomic E-state index is 0. The first-order valence-corrected chi connectivity index (χ1v) is 16.6. The Kier molecular flexibility index (Phi) is 9.29. The van der Waals surface area contributed by atoms with Crippen LogP contribution in [0, 0.1) is 11.4 Å². The first-order chi connectivity index (χ1) is 24.2. The van der Waals surface area contributed by atoms with Crippen molar-refractivity contribution in [3.63, 3.8) is 0 Å². The van der Waals surface area contributed by atoms with E-state index in [0.29, 0.717) is 6.04 Å². The van der Waals surface area contributed by atoms with Crippen LogP contribution in [-0.2, 0) is 20.1 Å². The number of benzene rings is 6. The molecule has 0 saturated heterocycles. The van der Waals surface area contributed by atoms with E-state index in [0.717, 1.165) is 71.7 Å². The molecule has 6 aromatic carbocycles. The molecule has 9 rings (SSSR count). The number of thiophene rings is 1. The van der Waals surface area contributed by atoms with Crippen molar-refractivity contribution in [2.75, 3.05) is 0 Å². The maximum absolute atomic E-state index is 8.07. The van der Waals surface area contributed by atoms with Gasteiger partial charge in [-0.05, 0) is 35.0 Å². The number of pyridine rings is 1. The minimum Gasteiger partial charge on any atom is -0.332 e. The zero-order chi connectivity index (χ0) is 33.0. The zero-order valence-electron chi connectivity index (χ0n) is 27.2. The van der Waals surface area contributed by atoms with E-state index in [1.165, 1.54) is 11.3 Å². The Morgan fingerprint density at radius 3 is 2.02 bits per heavy atom. The van der Waals surface area contributed by atoms with E-state index in [-0.39, 0.29) is 20.1 Å². The van der Waals surface area contributed by atoms with Gasteiger partial charge in [0.2, 0.25) is 0 Å².